The van der Waals surface area contributed by atoms with Gasteiger partial charge in [-0.25, -0.2) is 14.0 Å². The molecule has 14 heteroatoms. The van der Waals surface area contributed by atoms with Gasteiger partial charge in [0.15, 0.2) is 0 Å². The van der Waals surface area contributed by atoms with Gasteiger partial charge < -0.3 is 20.1 Å². The maximum atomic E-state index is 13.0. The van der Waals surface area contributed by atoms with Crippen molar-refractivity contribution in [3.05, 3.63) is 83.5 Å². The molecule has 2 aromatic carbocycles. The van der Waals surface area contributed by atoms with Gasteiger partial charge in [0, 0.05) is 30.8 Å². The van der Waals surface area contributed by atoms with Crippen molar-refractivity contribution in [2.24, 2.45) is 5.92 Å². The Hall–Kier alpha value is -4.59. The molecule has 2 heterocycles. The Balaban J connectivity index is 0.000000531. The molecule has 0 bridgehead atoms. The fraction of sp³-hybridized carbons (Fsp3) is 0.321. The van der Waals surface area contributed by atoms with Crippen molar-refractivity contribution in [2.45, 2.75) is 32.0 Å². The number of nitrogens with one attached hydrogen (secondary N) is 1. The zero-order valence-electron chi connectivity index (χ0n) is 22.2. The van der Waals surface area contributed by atoms with Crippen LogP contribution in [0, 0.1) is 11.7 Å². The number of halogens is 4. The fourth-order valence-electron chi connectivity index (χ4n) is 4.13. The van der Waals surface area contributed by atoms with Crippen molar-refractivity contribution >= 4 is 17.8 Å². The average molecular weight is 593 g/mol. The van der Waals surface area contributed by atoms with Crippen LogP contribution in [0.4, 0.5) is 17.6 Å². The number of benzene rings is 2. The molecule has 1 aliphatic rings. The van der Waals surface area contributed by atoms with Crippen LogP contribution >= 0.6 is 0 Å². The van der Waals surface area contributed by atoms with Gasteiger partial charge in [0.1, 0.15) is 5.82 Å². The number of hydrogen-bond acceptors (Lipinski definition) is 7. The van der Waals surface area contributed by atoms with Crippen molar-refractivity contribution < 1.29 is 46.7 Å². The van der Waals surface area contributed by atoms with Gasteiger partial charge in [-0.05, 0) is 80.2 Å². The normalized spacial score (nSPS) is 14.3. The minimum absolute atomic E-state index is 0.0209. The SMILES string of the molecule is O=C(NCCC1CCN(Cc2ccc(F)cc2)CC1)c1noc(-c2ccc(C(F)(F)F)cc2)n1.O=C(O)C=CC(=O)O. The largest absolute Gasteiger partial charge is 0.478 e. The van der Waals surface area contributed by atoms with Gasteiger partial charge in [-0.3, -0.25) is 9.69 Å². The van der Waals surface area contributed by atoms with Gasteiger partial charge in [0.2, 0.25) is 0 Å². The fourth-order valence-corrected chi connectivity index (χ4v) is 4.13. The van der Waals surface area contributed by atoms with Crippen LogP contribution in [0.25, 0.3) is 11.5 Å². The number of piperidine rings is 1. The summed E-state index contributed by atoms with van der Waals surface area (Å²) < 4.78 is 56.1. The van der Waals surface area contributed by atoms with E-state index in [0.29, 0.717) is 30.2 Å². The van der Waals surface area contributed by atoms with Gasteiger partial charge in [-0.2, -0.15) is 18.2 Å². The number of alkyl halides is 3. The second-order valence-electron chi connectivity index (χ2n) is 9.40. The van der Waals surface area contributed by atoms with Gasteiger partial charge in [-0.15, -0.1) is 0 Å². The molecule has 1 fully saturated rings. The van der Waals surface area contributed by atoms with Gasteiger partial charge >= 0.3 is 18.1 Å². The monoisotopic (exact) mass is 592 g/mol. The first-order valence-electron chi connectivity index (χ1n) is 12.8. The molecule has 1 saturated heterocycles. The van der Waals surface area contributed by atoms with E-state index in [2.05, 4.69) is 20.4 Å². The summed E-state index contributed by atoms with van der Waals surface area (Å²) in [4.78, 5) is 37.8. The number of nitrogens with zero attached hydrogens (tertiary/aromatic N) is 3. The molecule has 0 atom stereocenters. The van der Waals surface area contributed by atoms with Crippen LogP contribution in [0.2, 0.25) is 0 Å². The van der Waals surface area contributed by atoms with Crippen LogP contribution in [0.1, 0.15) is 41.0 Å². The second kappa shape index (κ2) is 14.9. The van der Waals surface area contributed by atoms with Gasteiger partial charge in [0.25, 0.3) is 17.6 Å². The zero-order valence-corrected chi connectivity index (χ0v) is 22.2. The van der Waals surface area contributed by atoms with Crippen LogP contribution in [0.5, 0.6) is 0 Å². The standard InChI is InChI=1S/C24H24F4N4O2.C4H4O4/c25-20-7-1-17(2-8-20)15-32-13-10-16(11-14-32)9-12-29-22(33)21-30-23(34-31-21)18-3-5-19(6-4-18)24(26,27)28;5-3(6)1-2-4(7)8/h1-8,16H,9-15H2,(H,29,33);1-2H,(H,5,6)(H,7,8). The number of rotatable bonds is 9. The Labute approximate surface area is 237 Å². The maximum Gasteiger partial charge on any atom is 0.416 e. The average Bonchev–Trinajstić information content (AvgIpc) is 3.45. The highest BCUT2D eigenvalue weighted by Crippen LogP contribution is 2.30. The molecule has 0 spiro atoms. The highest BCUT2D eigenvalue weighted by Gasteiger charge is 2.30. The number of hydrogen-bond donors (Lipinski definition) is 3. The molecule has 0 radical (unpaired) electrons. The Morgan fingerprint density at radius 2 is 1.57 bits per heavy atom. The summed E-state index contributed by atoms with van der Waals surface area (Å²) in [6.45, 7) is 3.14. The van der Waals surface area contributed by atoms with E-state index in [1.807, 2.05) is 0 Å². The lowest BCUT2D eigenvalue weighted by molar-refractivity contribution is -0.137. The lowest BCUT2D eigenvalue weighted by Gasteiger charge is -2.32. The number of carbonyl (C=O) groups is 3. The first kappa shape index (κ1) is 31.9. The number of carbonyl (C=O) groups excluding carboxylic acids is 1. The molecule has 0 unspecified atom stereocenters. The van der Waals surface area contributed by atoms with Crippen LogP contribution < -0.4 is 5.32 Å². The number of aromatic nitrogens is 2. The summed E-state index contributed by atoms with van der Waals surface area (Å²) in [5, 5.41) is 22.0. The second-order valence-corrected chi connectivity index (χ2v) is 9.40. The van der Waals surface area contributed by atoms with Crippen molar-refractivity contribution in [1.29, 1.82) is 0 Å². The summed E-state index contributed by atoms with van der Waals surface area (Å²) in [5.41, 5.74) is 0.602. The molecule has 1 aliphatic heterocycles. The Kier molecular flexibility index (Phi) is 11.3. The van der Waals surface area contributed by atoms with E-state index < -0.39 is 29.6 Å². The molecule has 224 valence electrons. The molecule has 1 amide bonds. The Morgan fingerprint density at radius 3 is 2.12 bits per heavy atom. The Bertz CT molecular complexity index is 1350. The molecular weight excluding hydrogens is 564 g/mol. The number of aliphatic carboxylic acids is 2. The quantitative estimate of drug-likeness (QED) is 0.239. The predicted molar refractivity (Wildman–Crippen MR) is 140 cm³/mol. The Morgan fingerprint density at radius 1 is 0.976 bits per heavy atom. The van der Waals surface area contributed by atoms with Crippen molar-refractivity contribution in [3.8, 4) is 11.5 Å². The number of carboxylic acid groups (broad SMARTS) is 2. The van der Waals surface area contributed by atoms with Gasteiger partial charge in [0.05, 0.1) is 5.56 Å². The summed E-state index contributed by atoms with van der Waals surface area (Å²) >= 11 is 0. The highest BCUT2D eigenvalue weighted by molar-refractivity contribution is 5.90. The van der Waals surface area contributed by atoms with Crippen LogP contribution in [0.3, 0.4) is 0 Å². The third-order valence-electron chi connectivity index (χ3n) is 6.32. The number of carboxylic acids is 2. The third-order valence-corrected chi connectivity index (χ3v) is 6.32. The highest BCUT2D eigenvalue weighted by atomic mass is 19.4. The first-order chi connectivity index (χ1) is 19.9. The van der Waals surface area contributed by atoms with Crippen molar-refractivity contribution in [3.63, 3.8) is 0 Å². The number of likely N-dealkylation sites (tertiary alicyclic amines) is 1. The minimum atomic E-state index is -4.43. The van der Waals surface area contributed by atoms with Crippen LogP contribution in [0.15, 0.2) is 65.2 Å². The number of amides is 1. The van der Waals surface area contributed by atoms with Crippen LogP contribution in [-0.4, -0.2) is 62.7 Å². The lowest BCUT2D eigenvalue weighted by atomic mass is 9.93. The van der Waals surface area contributed by atoms with E-state index in [-0.39, 0.29) is 17.5 Å². The first-order valence-corrected chi connectivity index (χ1v) is 12.8. The van der Waals surface area contributed by atoms with E-state index in [4.69, 9.17) is 14.7 Å². The van der Waals surface area contributed by atoms with E-state index in [9.17, 15) is 31.9 Å². The zero-order chi connectivity index (χ0) is 30.7. The van der Waals surface area contributed by atoms with Gasteiger partial charge in [-0.1, -0.05) is 17.3 Å². The molecule has 1 aromatic heterocycles. The van der Waals surface area contributed by atoms with E-state index >= 15 is 0 Å². The molecule has 3 aromatic rings. The van der Waals surface area contributed by atoms with E-state index in [1.165, 1.54) is 24.3 Å². The maximum absolute atomic E-state index is 13.0. The third kappa shape index (κ3) is 10.4. The van der Waals surface area contributed by atoms with Crippen molar-refractivity contribution in [2.75, 3.05) is 19.6 Å². The summed E-state index contributed by atoms with van der Waals surface area (Å²) in [6.07, 6.45) is -0.475. The van der Waals surface area contributed by atoms with Crippen molar-refractivity contribution in [1.82, 2.24) is 20.4 Å². The van der Waals surface area contributed by atoms with E-state index in [0.717, 1.165) is 56.6 Å². The molecule has 4 rings (SSSR count). The van der Waals surface area contributed by atoms with Crippen LogP contribution in [-0.2, 0) is 22.3 Å². The minimum Gasteiger partial charge on any atom is -0.478 e. The molecular formula is C28H28F4N4O6. The molecule has 0 aliphatic carbocycles. The topological polar surface area (TPSA) is 146 Å². The smallest absolute Gasteiger partial charge is 0.416 e. The molecule has 10 nitrogen and oxygen atoms in total. The lowest BCUT2D eigenvalue weighted by Crippen LogP contribution is -2.35. The molecule has 42 heavy (non-hydrogen) atoms. The summed E-state index contributed by atoms with van der Waals surface area (Å²) in [7, 11) is 0. The summed E-state index contributed by atoms with van der Waals surface area (Å²) in [6, 6.07) is 10.8. The van der Waals surface area contributed by atoms with E-state index in [1.54, 1.807) is 12.1 Å². The molecule has 3 N–H and O–H groups in total. The summed E-state index contributed by atoms with van der Waals surface area (Å²) in [5.74, 6) is -2.94. The molecule has 0 saturated carbocycles. The predicted octanol–water partition coefficient (Wildman–Crippen LogP) is 4.64.